The molecule has 2 aromatic rings. The summed E-state index contributed by atoms with van der Waals surface area (Å²) in [6.45, 7) is 1.68. The highest BCUT2D eigenvalue weighted by Crippen LogP contribution is 2.21. The summed E-state index contributed by atoms with van der Waals surface area (Å²) in [5.41, 5.74) is 7.81. The molecular weight excluding hydrogens is 214 g/mol. The number of para-hydroxylation sites is 1. The number of nitrogens with zero attached hydrogens (tertiary/aromatic N) is 1. The fourth-order valence-electron chi connectivity index (χ4n) is 2.13. The van der Waals surface area contributed by atoms with Gasteiger partial charge in [-0.1, -0.05) is 18.2 Å². The Balaban J connectivity index is 1.89. The van der Waals surface area contributed by atoms with Crippen LogP contribution in [-0.4, -0.2) is 28.9 Å². The highest BCUT2D eigenvalue weighted by molar-refractivity contribution is 5.87. The lowest BCUT2D eigenvalue weighted by molar-refractivity contribution is -0.136. The first-order valence-corrected chi connectivity index (χ1v) is 5.88. The number of hydrogen-bond acceptors (Lipinski definition) is 2. The summed E-state index contributed by atoms with van der Waals surface area (Å²) in [5.74, 6) is 0.0165. The number of hydrogen-bond donors (Lipinski definition) is 2. The highest BCUT2D eigenvalue weighted by atomic mass is 16.2. The Morgan fingerprint density at radius 3 is 2.76 bits per heavy atom. The van der Waals surface area contributed by atoms with E-state index >= 15 is 0 Å². The third-order valence-corrected chi connectivity index (χ3v) is 3.32. The number of aromatic nitrogens is 1. The van der Waals surface area contributed by atoms with Gasteiger partial charge in [-0.2, -0.15) is 0 Å². The second-order valence-corrected chi connectivity index (χ2v) is 4.47. The van der Waals surface area contributed by atoms with Gasteiger partial charge in [-0.3, -0.25) is 4.79 Å². The maximum absolute atomic E-state index is 12.0. The first-order chi connectivity index (χ1) is 8.25. The molecule has 88 valence electrons. The Labute approximate surface area is 99.4 Å². The normalized spacial score (nSPS) is 16.9. The van der Waals surface area contributed by atoms with E-state index in [1.54, 1.807) is 4.90 Å². The van der Waals surface area contributed by atoms with E-state index in [9.17, 15) is 4.79 Å². The number of amides is 1. The van der Waals surface area contributed by atoms with Gasteiger partial charge in [-0.25, -0.2) is 0 Å². The summed E-state index contributed by atoms with van der Waals surface area (Å²) < 4.78 is 0. The lowest BCUT2D eigenvalue weighted by atomic mass is 10.1. The van der Waals surface area contributed by atoms with E-state index < -0.39 is 6.04 Å². The van der Waals surface area contributed by atoms with E-state index in [-0.39, 0.29) is 5.91 Å². The predicted octanol–water partition coefficient (Wildman–Crippen LogP) is 1.40. The van der Waals surface area contributed by atoms with Crippen LogP contribution in [0.1, 0.15) is 18.2 Å². The van der Waals surface area contributed by atoms with Gasteiger partial charge in [-0.15, -0.1) is 0 Å². The summed E-state index contributed by atoms with van der Waals surface area (Å²) in [6.07, 6.45) is 1.09. The van der Waals surface area contributed by atoms with Crippen molar-refractivity contribution in [2.24, 2.45) is 5.73 Å². The average molecular weight is 229 g/mol. The van der Waals surface area contributed by atoms with Crippen LogP contribution in [0, 0.1) is 0 Å². The number of carbonyl (C=O) groups is 1. The van der Waals surface area contributed by atoms with E-state index in [0.717, 1.165) is 36.1 Å². The number of likely N-dealkylation sites (tertiary alicyclic amines) is 1. The molecule has 0 radical (unpaired) electrons. The maximum Gasteiger partial charge on any atom is 0.245 e. The van der Waals surface area contributed by atoms with Crippen molar-refractivity contribution in [3.8, 4) is 0 Å². The third-order valence-electron chi connectivity index (χ3n) is 3.32. The molecule has 0 aliphatic carbocycles. The molecule has 1 atom stereocenters. The van der Waals surface area contributed by atoms with Gasteiger partial charge in [0.25, 0.3) is 0 Å². The first kappa shape index (κ1) is 10.4. The van der Waals surface area contributed by atoms with E-state index in [1.165, 1.54) is 0 Å². The SMILES string of the molecule is NC(C(=O)N1CCC1)c1cc2ccccc2[nH]1. The van der Waals surface area contributed by atoms with E-state index in [1.807, 2.05) is 30.3 Å². The summed E-state index contributed by atoms with van der Waals surface area (Å²) >= 11 is 0. The minimum Gasteiger partial charge on any atom is -0.357 e. The largest absolute Gasteiger partial charge is 0.357 e. The van der Waals surface area contributed by atoms with Gasteiger partial charge < -0.3 is 15.6 Å². The Hall–Kier alpha value is -1.81. The maximum atomic E-state index is 12.0. The van der Waals surface area contributed by atoms with E-state index in [2.05, 4.69) is 4.98 Å². The van der Waals surface area contributed by atoms with Gasteiger partial charge >= 0.3 is 0 Å². The molecule has 0 bridgehead atoms. The van der Waals surface area contributed by atoms with Crippen LogP contribution in [0.15, 0.2) is 30.3 Å². The molecule has 1 aliphatic heterocycles. The van der Waals surface area contributed by atoms with Crippen LogP contribution in [0.2, 0.25) is 0 Å². The molecule has 4 heteroatoms. The van der Waals surface area contributed by atoms with Crippen LogP contribution in [-0.2, 0) is 4.79 Å². The number of nitrogens with one attached hydrogen (secondary N) is 1. The number of H-pyrrole nitrogens is 1. The van der Waals surface area contributed by atoms with E-state index in [0.29, 0.717) is 0 Å². The summed E-state index contributed by atoms with van der Waals surface area (Å²) in [7, 11) is 0. The van der Waals surface area contributed by atoms with Gasteiger partial charge in [-0.05, 0) is 23.9 Å². The monoisotopic (exact) mass is 229 g/mol. The van der Waals surface area contributed by atoms with Crippen LogP contribution in [0.5, 0.6) is 0 Å². The number of carbonyl (C=O) groups excluding carboxylic acids is 1. The number of aromatic amines is 1. The van der Waals surface area contributed by atoms with Crippen molar-refractivity contribution in [3.05, 3.63) is 36.0 Å². The minimum atomic E-state index is -0.567. The molecule has 1 aromatic carbocycles. The van der Waals surface area contributed by atoms with Gasteiger partial charge in [0.2, 0.25) is 5.91 Å². The standard InChI is InChI=1S/C13H15N3O/c14-12(13(17)16-6-3-7-16)11-8-9-4-1-2-5-10(9)15-11/h1-2,4-5,8,12,15H,3,6-7,14H2. The molecule has 1 fully saturated rings. The van der Waals surface area contributed by atoms with Crippen LogP contribution in [0.3, 0.4) is 0 Å². The number of benzene rings is 1. The first-order valence-electron chi connectivity index (χ1n) is 5.88. The number of rotatable bonds is 2. The van der Waals surface area contributed by atoms with Crippen molar-refractivity contribution in [3.63, 3.8) is 0 Å². The highest BCUT2D eigenvalue weighted by Gasteiger charge is 2.27. The topological polar surface area (TPSA) is 62.1 Å². The lowest BCUT2D eigenvalue weighted by Crippen LogP contribution is -2.46. The van der Waals surface area contributed by atoms with Crippen molar-refractivity contribution in [2.75, 3.05) is 13.1 Å². The van der Waals surface area contributed by atoms with Crippen LogP contribution in [0.25, 0.3) is 10.9 Å². The molecule has 0 spiro atoms. The van der Waals surface area contributed by atoms with Gasteiger partial charge in [0.15, 0.2) is 0 Å². The zero-order valence-electron chi connectivity index (χ0n) is 9.52. The molecule has 1 aliphatic rings. The fourth-order valence-corrected chi connectivity index (χ4v) is 2.13. The summed E-state index contributed by atoms with van der Waals surface area (Å²) in [6, 6.07) is 9.32. The van der Waals surface area contributed by atoms with Crippen LogP contribution >= 0.6 is 0 Å². The molecule has 4 nitrogen and oxygen atoms in total. The number of nitrogens with two attached hydrogens (primary N) is 1. The summed E-state index contributed by atoms with van der Waals surface area (Å²) in [5, 5.41) is 1.09. The van der Waals surface area contributed by atoms with Gasteiger partial charge in [0.1, 0.15) is 6.04 Å². The van der Waals surface area contributed by atoms with Crippen LogP contribution < -0.4 is 5.73 Å². The molecule has 3 N–H and O–H groups in total. The van der Waals surface area contributed by atoms with Crippen molar-refractivity contribution >= 4 is 16.8 Å². The predicted molar refractivity (Wildman–Crippen MR) is 66.4 cm³/mol. The molecular formula is C13H15N3O. The van der Waals surface area contributed by atoms with Crippen molar-refractivity contribution in [1.82, 2.24) is 9.88 Å². The molecule has 3 rings (SSSR count). The van der Waals surface area contributed by atoms with Crippen molar-refractivity contribution in [1.29, 1.82) is 0 Å². The smallest absolute Gasteiger partial charge is 0.245 e. The lowest BCUT2D eigenvalue weighted by Gasteiger charge is -2.32. The second-order valence-electron chi connectivity index (χ2n) is 4.47. The molecule has 1 saturated heterocycles. The van der Waals surface area contributed by atoms with Gasteiger partial charge in [0, 0.05) is 24.3 Å². The fraction of sp³-hybridized carbons (Fsp3) is 0.308. The zero-order valence-corrected chi connectivity index (χ0v) is 9.52. The zero-order chi connectivity index (χ0) is 11.8. The minimum absolute atomic E-state index is 0.0165. The average Bonchev–Trinajstić information content (AvgIpc) is 2.68. The molecule has 17 heavy (non-hydrogen) atoms. The molecule has 2 heterocycles. The quantitative estimate of drug-likeness (QED) is 0.817. The van der Waals surface area contributed by atoms with Crippen molar-refractivity contribution < 1.29 is 4.79 Å². The summed E-state index contributed by atoms with van der Waals surface area (Å²) in [4.78, 5) is 17.0. The molecule has 1 aromatic heterocycles. The third kappa shape index (κ3) is 1.70. The second kappa shape index (κ2) is 3.89. The molecule has 0 saturated carbocycles. The Kier molecular flexibility index (Phi) is 2.37. The number of fused-ring (bicyclic) bond motifs is 1. The Morgan fingerprint density at radius 2 is 2.12 bits per heavy atom. The Bertz CT molecular complexity index is 524. The van der Waals surface area contributed by atoms with E-state index in [4.69, 9.17) is 5.73 Å². The van der Waals surface area contributed by atoms with Crippen molar-refractivity contribution in [2.45, 2.75) is 12.5 Å². The van der Waals surface area contributed by atoms with Gasteiger partial charge in [0.05, 0.1) is 0 Å². The van der Waals surface area contributed by atoms with Crippen LogP contribution in [0.4, 0.5) is 0 Å². The molecule has 1 unspecified atom stereocenters. The molecule has 1 amide bonds. The Morgan fingerprint density at radius 1 is 1.35 bits per heavy atom.